The molecule has 1 aromatic carbocycles. The van der Waals surface area contributed by atoms with Crippen LogP contribution in [0, 0.1) is 5.92 Å². The summed E-state index contributed by atoms with van der Waals surface area (Å²) in [5, 5.41) is 2.33. The zero-order chi connectivity index (χ0) is 19.8. The number of piperidine rings is 2. The van der Waals surface area contributed by atoms with Crippen molar-refractivity contribution < 1.29 is 19.1 Å². The van der Waals surface area contributed by atoms with Crippen LogP contribution in [-0.2, 0) is 16.1 Å². The number of rotatable bonds is 4. The van der Waals surface area contributed by atoms with Gasteiger partial charge >= 0.3 is 0 Å². The lowest BCUT2D eigenvalue weighted by atomic mass is 9.96. The molecule has 1 unspecified atom stereocenters. The molecule has 3 aliphatic rings. The largest absolute Gasteiger partial charge is 0.489 e. The second-order valence-electron chi connectivity index (χ2n) is 8.03. The first-order chi connectivity index (χ1) is 13.5. The van der Waals surface area contributed by atoms with Crippen molar-refractivity contribution in [3.05, 3.63) is 29.3 Å². The van der Waals surface area contributed by atoms with Gasteiger partial charge in [-0.25, -0.2) is 0 Å². The number of likely N-dealkylation sites (tertiary alicyclic amines) is 1. The number of carbonyl (C=O) groups excluding carboxylic acids is 3. The third-order valence-corrected chi connectivity index (χ3v) is 6.20. The van der Waals surface area contributed by atoms with Crippen LogP contribution in [0.25, 0.3) is 0 Å². The Morgan fingerprint density at radius 2 is 2.04 bits per heavy atom. The molecule has 3 amide bonds. The molecular formula is C21H27N3O4. The predicted octanol–water partition coefficient (Wildman–Crippen LogP) is 1.56. The molecule has 0 saturated carbocycles. The van der Waals surface area contributed by atoms with E-state index >= 15 is 0 Å². The number of benzene rings is 1. The number of hydrogen-bond donors (Lipinski definition) is 1. The molecule has 3 atom stereocenters. The maximum Gasteiger partial charge on any atom is 0.255 e. The van der Waals surface area contributed by atoms with Gasteiger partial charge in [0, 0.05) is 25.1 Å². The SMILES string of the molecule is CCN1CC[C@@H](C)[C@@H](Oc2ccc3c(c2)CN(C2CCC(=O)NC2=O)C3=O)C1. The highest BCUT2D eigenvalue weighted by atomic mass is 16.5. The fourth-order valence-electron chi connectivity index (χ4n) is 4.34. The second-order valence-corrected chi connectivity index (χ2v) is 8.03. The highest BCUT2D eigenvalue weighted by Gasteiger charge is 2.39. The van der Waals surface area contributed by atoms with Crippen molar-refractivity contribution in [1.29, 1.82) is 0 Å². The number of ether oxygens (including phenoxy) is 1. The van der Waals surface area contributed by atoms with E-state index in [0.717, 1.165) is 37.4 Å². The number of nitrogens with zero attached hydrogens (tertiary/aromatic N) is 2. The highest BCUT2D eigenvalue weighted by molar-refractivity contribution is 6.05. The van der Waals surface area contributed by atoms with Crippen LogP contribution in [0.2, 0.25) is 0 Å². The molecule has 0 radical (unpaired) electrons. The quantitative estimate of drug-likeness (QED) is 0.796. The summed E-state index contributed by atoms with van der Waals surface area (Å²) in [5.74, 6) is 0.441. The van der Waals surface area contributed by atoms with E-state index in [4.69, 9.17) is 4.74 Å². The van der Waals surface area contributed by atoms with Crippen molar-refractivity contribution in [3.63, 3.8) is 0 Å². The van der Waals surface area contributed by atoms with Crippen LogP contribution in [-0.4, -0.2) is 59.3 Å². The molecule has 4 rings (SSSR count). The summed E-state index contributed by atoms with van der Waals surface area (Å²) in [6.07, 6.45) is 1.89. The minimum Gasteiger partial charge on any atom is -0.489 e. The van der Waals surface area contributed by atoms with Crippen molar-refractivity contribution in [3.8, 4) is 5.75 Å². The maximum atomic E-state index is 12.8. The number of hydrogen-bond acceptors (Lipinski definition) is 5. The number of fused-ring (bicyclic) bond motifs is 1. The lowest BCUT2D eigenvalue weighted by molar-refractivity contribution is -0.136. The zero-order valence-electron chi connectivity index (χ0n) is 16.4. The first-order valence-electron chi connectivity index (χ1n) is 10.1. The van der Waals surface area contributed by atoms with Gasteiger partial charge in [0.1, 0.15) is 17.9 Å². The molecule has 1 N–H and O–H groups in total. The van der Waals surface area contributed by atoms with Crippen molar-refractivity contribution in [2.45, 2.75) is 51.8 Å². The van der Waals surface area contributed by atoms with Crippen molar-refractivity contribution in [2.24, 2.45) is 5.92 Å². The van der Waals surface area contributed by atoms with Gasteiger partial charge in [0.15, 0.2) is 0 Å². The Morgan fingerprint density at radius 3 is 2.79 bits per heavy atom. The van der Waals surface area contributed by atoms with Crippen LogP contribution >= 0.6 is 0 Å². The molecule has 7 heteroatoms. The standard InChI is InChI=1S/C21H27N3O4/c1-3-23-9-8-13(2)18(12-23)28-15-4-5-16-14(10-15)11-24(21(16)27)17-6-7-19(25)22-20(17)26/h4-5,10,13,17-18H,3,6-9,11-12H2,1-2H3,(H,22,25,26)/t13-,17?,18+/m1/s1. The number of amides is 3. The van der Waals surface area contributed by atoms with Crippen LogP contribution in [0.4, 0.5) is 0 Å². The molecule has 0 spiro atoms. The van der Waals surface area contributed by atoms with Crippen molar-refractivity contribution in [2.75, 3.05) is 19.6 Å². The fraction of sp³-hybridized carbons (Fsp3) is 0.571. The minimum atomic E-state index is -0.585. The predicted molar refractivity (Wildman–Crippen MR) is 103 cm³/mol. The average Bonchev–Trinajstić information content (AvgIpc) is 2.99. The first kappa shape index (κ1) is 18.9. The molecule has 150 valence electrons. The van der Waals surface area contributed by atoms with Crippen molar-refractivity contribution >= 4 is 17.7 Å². The third kappa shape index (κ3) is 3.51. The normalized spacial score (nSPS) is 28.3. The summed E-state index contributed by atoms with van der Waals surface area (Å²) in [6.45, 7) is 7.80. The van der Waals surface area contributed by atoms with E-state index in [1.54, 1.807) is 11.0 Å². The minimum absolute atomic E-state index is 0.134. The van der Waals surface area contributed by atoms with Crippen LogP contribution < -0.4 is 10.1 Å². The van der Waals surface area contributed by atoms with Crippen molar-refractivity contribution in [1.82, 2.24) is 15.1 Å². The Morgan fingerprint density at radius 1 is 1.21 bits per heavy atom. The summed E-state index contributed by atoms with van der Waals surface area (Å²) < 4.78 is 6.28. The maximum absolute atomic E-state index is 12.8. The van der Waals surface area contributed by atoms with Crippen LogP contribution in [0.3, 0.4) is 0 Å². The smallest absolute Gasteiger partial charge is 0.255 e. The van der Waals surface area contributed by atoms with Gasteiger partial charge in [-0.2, -0.15) is 0 Å². The molecule has 0 aromatic heterocycles. The first-order valence-corrected chi connectivity index (χ1v) is 10.1. The lowest BCUT2D eigenvalue weighted by Crippen LogP contribution is -2.52. The Labute approximate surface area is 165 Å². The number of carbonyl (C=O) groups is 3. The van der Waals surface area contributed by atoms with Gasteiger partial charge in [-0.05, 0) is 55.6 Å². The van der Waals surface area contributed by atoms with Crippen LogP contribution in [0.1, 0.15) is 49.0 Å². The lowest BCUT2D eigenvalue weighted by Gasteiger charge is -2.36. The Balaban J connectivity index is 1.48. The highest BCUT2D eigenvalue weighted by Crippen LogP contribution is 2.31. The van der Waals surface area contributed by atoms with E-state index in [1.165, 1.54) is 0 Å². The van der Waals surface area contributed by atoms with Gasteiger partial charge in [-0.1, -0.05) is 13.8 Å². The van der Waals surface area contributed by atoms with Gasteiger partial charge in [0.2, 0.25) is 11.8 Å². The zero-order valence-corrected chi connectivity index (χ0v) is 16.4. The van der Waals surface area contributed by atoms with Gasteiger partial charge in [-0.3, -0.25) is 24.6 Å². The summed E-state index contributed by atoms with van der Waals surface area (Å²) in [7, 11) is 0. The van der Waals surface area contributed by atoms with E-state index in [2.05, 4.69) is 24.1 Å². The van der Waals surface area contributed by atoms with Gasteiger partial charge in [0.25, 0.3) is 5.91 Å². The summed E-state index contributed by atoms with van der Waals surface area (Å²) in [4.78, 5) is 40.3. The topological polar surface area (TPSA) is 79.0 Å². The summed E-state index contributed by atoms with van der Waals surface area (Å²) in [5.41, 5.74) is 1.49. The van der Waals surface area contributed by atoms with Crippen LogP contribution in [0.15, 0.2) is 18.2 Å². The fourth-order valence-corrected chi connectivity index (χ4v) is 4.34. The van der Waals surface area contributed by atoms with E-state index in [1.807, 2.05) is 12.1 Å². The molecule has 0 aliphatic carbocycles. The molecule has 7 nitrogen and oxygen atoms in total. The van der Waals surface area contributed by atoms with E-state index in [0.29, 0.717) is 24.4 Å². The third-order valence-electron chi connectivity index (χ3n) is 6.20. The Bertz CT molecular complexity index is 809. The van der Waals surface area contributed by atoms with Gasteiger partial charge < -0.3 is 9.64 Å². The van der Waals surface area contributed by atoms with Crippen LogP contribution in [0.5, 0.6) is 5.75 Å². The summed E-state index contributed by atoms with van der Waals surface area (Å²) >= 11 is 0. The molecule has 1 aromatic rings. The molecule has 28 heavy (non-hydrogen) atoms. The van der Waals surface area contributed by atoms with E-state index < -0.39 is 6.04 Å². The molecular weight excluding hydrogens is 358 g/mol. The van der Waals surface area contributed by atoms with E-state index in [9.17, 15) is 14.4 Å². The van der Waals surface area contributed by atoms with Gasteiger partial charge in [0.05, 0.1) is 0 Å². The second kappa shape index (κ2) is 7.54. The molecule has 2 saturated heterocycles. The Hall–Kier alpha value is -2.41. The molecule has 0 bridgehead atoms. The Kier molecular flexibility index (Phi) is 5.10. The number of imide groups is 1. The number of likely N-dealkylation sites (N-methyl/N-ethyl adjacent to an activating group) is 1. The van der Waals surface area contributed by atoms with Gasteiger partial charge in [-0.15, -0.1) is 0 Å². The molecule has 2 fully saturated rings. The number of nitrogens with one attached hydrogen (secondary N) is 1. The molecule has 3 heterocycles. The average molecular weight is 385 g/mol. The summed E-state index contributed by atoms with van der Waals surface area (Å²) in [6, 6.07) is 4.99. The van der Waals surface area contributed by atoms with E-state index in [-0.39, 0.29) is 30.2 Å². The molecule has 3 aliphatic heterocycles. The monoisotopic (exact) mass is 385 g/mol.